The third-order valence-electron chi connectivity index (χ3n) is 3.14. The summed E-state index contributed by atoms with van der Waals surface area (Å²) >= 11 is 3.55. The van der Waals surface area contributed by atoms with Gasteiger partial charge in [0.2, 0.25) is 0 Å². The molecule has 0 heterocycles. The predicted molar refractivity (Wildman–Crippen MR) is 86.5 cm³/mol. The number of rotatable bonds is 4. The molecule has 1 atom stereocenters. The molecule has 0 amide bonds. The normalized spacial score (nSPS) is 12.2. The van der Waals surface area contributed by atoms with Crippen LogP contribution in [-0.2, 0) is 6.42 Å². The van der Waals surface area contributed by atoms with Crippen molar-refractivity contribution in [1.82, 2.24) is 0 Å². The van der Waals surface area contributed by atoms with E-state index in [4.69, 9.17) is 5.73 Å². The van der Waals surface area contributed by atoms with Crippen molar-refractivity contribution in [3.63, 3.8) is 0 Å². The molecule has 3 heteroatoms. The Morgan fingerprint density at radius 1 is 1.21 bits per heavy atom. The van der Waals surface area contributed by atoms with E-state index in [2.05, 4.69) is 58.5 Å². The number of nitrogen functional groups attached to an aromatic ring is 1. The maximum atomic E-state index is 5.89. The van der Waals surface area contributed by atoms with Crippen molar-refractivity contribution in [2.45, 2.75) is 26.3 Å². The molecule has 0 spiro atoms. The molecule has 0 saturated carbocycles. The van der Waals surface area contributed by atoms with Gasteiger partial charge in [-0.1, -0.05) is 30.3 Å². The zero-order valence-electron chi connectivity index (χ0n) is 11.3. The number of benzene rings is 2. The fourth-order valence-corrected chi connectivity index (χ4v) is 2.57. The quantitative estimate of drug-likeness (QED) is 0.821. The molecule has 0 aromatic heterocycles. The van der Waals surface area contributed by atoms with E-state index >= 15 is 0 Å². The molecule has 0 bridgehead atoms. The van der Waals surface area contributed by atoms with E-state index in [0.29, 0.717) is 6.04 Å². The van der Waals surface area contributed by atoms with E-state index in [1.807, 2.05) is 19.1 Å². The first-order valence-electron chi connectivity index (χ1n) is 6.42. The Bertz CT molecular complexity index is 552. The summed E-state index contributed by atoms with van der Waals surface area (Å²) in [6.45, 7) is 4.21. The summed E-state index contributed by atoms with van der Waals surface area (Å²) in [5, 5.41) is 3.52. The van der Waals surface area contributed by atoms with Crippen LogP contribution in [0.1, 0.15) is 18.1 Å². The summed E-state index contributed by atoms with van der Waals surface area (Å²) < 4.78 is 1.01. The van der Waals surface area contributed by atoms with Gasteiger partial charge in [0.1, 0.15) is 0 Å². The van der Waals surface area contributed by atoms with Crippen LogP contribution in [0.2, 0.25) is 0 Å². The van der Waals surface area contributed by atoms with Crippen LogP contribution in [0.25, 0.3) is 0 Å². The fraction of sp³-hybridized carbons (Fsp3) is 0.250. The summed E-state index contributed by atoms with van der Waals surface area (Å²) in [6, 6.07) is 14.9. The largest absolute Gasteiger partial charge is 0.398 e. The molecular formula is C16H19BrN2. The van der Waals surface area contributed by atoms with Crippen molar-refractivity contribution in [2.24, 2.45) is 0 Å². The van der Waals surface area contributed by atoms with Crippen LogP contribution in [0.3, 0.4) is 0 Å². The van der Waals surface area contributed by atoms with Gasteiger partial charge in [-0.2, -0.15) is 0 Å². The van der Waals surface area contributed by atoms with E-state index in [9.17, 15) is 0 Å². The SMILES string of the molecule is Cc1cc(NC(C)Cc2ccccc2)c(Br)cc1N. The molecule has 0 saturated heterocycles. The van der Waals surface area contributed by atoms with Crippen LogP contribution < -0.4 is 11.1 Å². The van der Waals surface area contributed by atoms with Crippen molar-refractivity contribution in [3.8, 4) is 0 Å². The Morgan fingerprint density at radius 3 is 2.58 bits per heavy atom. The maximum Gasteiger partial charge on any atom is 0.0490 e. The topological polar surface area (TPSA) is 38.0 Å². The summed E-state index contributed by atoms with van der Waals surface area (Å²) in [5.41, 5.74) is 10.2. The van der Waals surface area contributed by atoms with Crippen LogP contribution in [0.5, 0.6) is 0 Å². The van der Waals surface area contributed by atoms with Crippen molar-refractivity contribution in [3.05, 3.63) is 58.1 Å². The van der Waals surface area contributed by atoms with Gasteiger partial charge in [-0.3, -0.25) is 0 Å². The first-order chi connectivity index (χ1) is 9.06. The van der Waals surface area contributed by atoms with Crippen LogP contribution in [-0.4, -0.2) is 6.04 Å². The zero-order valence-corrected chi connectivity index (χ0v) is 12.9. The number of aryl methyl sites for hydroxylation is 1. The third kappa shape index (κ3) is 3.74. The average Bonchev–Trinajstić information content (AvgIpc) is 2.37. The standard InChI is InChI=1S/C16H19BrN2/c1-11-8-16(14(17)10-15(11)18)19-12(2)9-13-6-4-3-5-7-13/h3-8,10,12,19H,9,18H2,1-2H3. The Balaban J connectivity index is 2.07. The number of nitrogens with one attached hydrogen (secondary N) is 1. The number of halogens is 1. The van der Waals surface area contributed by atoms with E-state index in [-0.39, 0.29) is 0 Å². The fourth-order valence-electron chi connectivity index (χ4n) is 2.09. The Labute approximate surface area is 123 Å². The molecule has 1 unspecified atom stereocenters. The third-order valence-corrected chi connectivity index (χ3v) is 3.80. The van der Waals surface area contributed by atoms with Gasteiger partial charge in [0.05, 0.1) is 0 Å². The zero-order chi connectivity index (χ0) is 13.8. The minimum atomic E-state index is 0.363. The first-order valence-corrected chi connectivity index (χ1v) is 7.21. The Hall–Kier alpha value is -1.48. The summed E-state index contributed by atoms with van der Waals surface area (Å²) in [5.74, 6) is 0. The van der Waals surface area contributed by atoms with Crippen molar-refractivity contribution in [1.29, 1.82) is 0 Å². The van der Waals surface area contributed by atoms with Gasteiger partial charge < -0.3 is 11.1 Å². The molecule has 3 N–H and O–H groups in total. The number of nitrogens with two attached hydrogens (primary N) is 1. The van der Waals surface area contributed by atoms with Gasteiger partial charge in [-0.25, -0.2) is 0 Å². The smallest absolute Gasteiger partial charge is 0.0490 e. The molecule has 2 rings (SSSR count). The molecule has 2 nitrogen and oxygen atoms in total. The summed E-state index contributed by atoms with van der Waals surface area (Å²) in [7, 11) is 0. The predicted octanol–water partition coefficient (Wildman–Crippen LogP) is 4.38. The van der Waals surface area contributed by atoms with Gasteiger partial charge in [0.15, 0.2) is 0 Å². The van der Waals surface area contributed by atoms with E-state index < -0.39 is 0 Å². The molecule has 0 radical (unpaired) electrons. The molecule has 0 aliphatic rings. The number of anilines is 2. The van der Waals surface area contributed by atoms with Crippen molar-refractivity contribution >= 4 is 27.3 Å². The van der Waals surface area contributed by atoms with Gasteiger partial charge >= 0.3 is 0 Å². The molecule has 19 heavy (non-hydrogen) atoms. The van der Waals surface area contributed by atoms with Gasteiger partial charge in [-0.15, -0.1) is 0 Å². The van der Waals surface area contributed by atoms with Gasteiger partial charge in [0, 0.05) is 21.9 Å². The molecule has 0 aliphatic heterocycles. The lowest BCUT2D eigenvalue weighted by molar-refractivity contribution is 0.789. The first kappa shape index (κ1) is 13.9. The molecular weight excluding hydrogens is 300 g/mol. The highest BCUT2D eigenvalue weighted by Crippen LogP contribution is 2.28. The van der Waals surface area contributed by atoms with Crippen molar-refractivity contribution in [2.75, 3.05) is 11.1 Å². The van der Waals surface area contributed by atoms with Crippen LogP contribution in [0, 0.1) is 6.92 Å². The highest BCUT2D eigenvalue weighted by Gasteiger charge is 2.08. The Kier molecular flexibility index (Phi) is 4.48. The lowest BCUT2D eigenvalue weighted by atomic mass is 10.1. The van der Waals surface area contributed by atoms with E-state index in [0.717, 1.165) is 27.8 Å². The minimum absolute atomic E-state index is 0.363. The number of hydrogen-bond donors (Lipinski definition) is 2. The van der Waals surface area contributed by atoms with Crippen LogP contribution in [0.4, 0.5) is 11.4 Å². The number of hydrogen-bond acceptors (Lipinski definition) is 2. The maximum absolute atomic E-state index is 5.89. The highest BCUT2D eigenvalue weighted by molar-refractivity contribution is 9.10. The molecule has 2 aromatic rings. The summed E-state index contributed by atoms with van der Waals surface area (Å²) in [4.78, 5) is 0. The van der Waals surface area contributed by atoms with Crippen molar-refractivity contribution < 1.29 is 0 Å². The van der Waals surface area contributed by atoms with Crippen LogP contribution in [0.15, 0.2) is 46.9 Å². The second kappa shape index (κ2) is 6.11. The molecule has 0 fully saturated rings. The minimum Gasteiger partial charge on any atom is -0.398 e. The van der Waals surface area contributed by atoms with Crippen LogP contribution >= 0.6 is 15.9 Å². The summed E-state index contributed by atoms with van der Waals surface area (Å²) in [6.07, 6.45) is 0.997. The highest BCUT2D eigenvalue weighted by atomic mass is 79.9. The van der Waals surface area contributed by atoms with Gasteiger partial charge in [0.25, 0.3) is 0 Å². The lowest BCUT2D eigenvalue weighted by Crippen LogP contribution is -2.18. The monoisotopic (exact) mass is 318 g/mol. The van der Waals surface area contributed by atoms with E-state index in [1.54, 1.807) is 0 Å². The molecule has 100 valence electrons. The molecule has 0 aliphatic carbocycles. The van der Waals surface area contributed by atoms with E-state index in [1.165, 1.54) is 5.56 Å². The lowest BCUT2D eigenvalue weighted by Gasteiger charge is -2.17. The Morgan fingerprint density at radius 2 is 1.89 bits per heavy atom. The second-order valence-corrected chi connectivity index (χ2v) is 5.78. The van der Waals surface area contributed by atoms with Gasteiger partial charge in [-0.05, 0) is 59.5 Å². The second-order valence-electron chi connectivity index (χ2n) is 4.92. The molecule has 2 aromatic carbocycles. The average molecular weight is 319 g/mol.